The molecule has 0 radical (unpaired) electrons. The molecule has 2 rings (SSSR count). The van der Waals surface area contributed by atoms with E-state index < -0.39 is 23.8 Å². The number of hydrogen-bond acceptors (Lipinski definition) is 4. The molecule has 1 unspecified atom stereocenters. The van der Waals surface area contributed by atoms with Gasteiger partial charge >= 0.3 is 5.97 Å². The minimum absolute atomic E-state index is 0.0529. The average Bonchev–Trinajstić information content (AvgIpc) is 2.58. The number of carboxylic acids is 1. The zero-order chi connectivity index (χ0) is 17.7. The Balaban J connectivity index is 1.87. The number of ether oxygens (including phenoxy) is 1. The van der Waals surface area contributed by atoms with Crippen LogP contribution in [-0.4, -0.2) is 52.3 Å². The van der Waals surface area contributed by atoms with Gasteiger partial charge in [0, 0.05) is 5.33 Å². The van der Waals surface area contributed by atoms with Crippen LogP contribution in [0.4, 0.5) is 0 Å². The lowest BCUT2D eigenvalue weighted by molar-refractivity contribution is -0.149. The van der Waals surface area contributed by atoms with Crippen molar-refractivity contribution < 1.29 is 24.2 Å². The summed E-state index contributed by atoms with van der Waals surface area (Å²) in [5.41, 5.74) is 0.482. The molecule has 2 amide bonds. The molecule has 0 spiro atoms. The lowest BCUT2D eigenvalue weighted by Gasteiger charge is -2.39. The Morgan fingerprint density at radius 2 is 2.04 bits per heavy atom. The number of aliphatic carboxylic acids is 1. The molecule has 8 heteroatoms. The van der Waals surface area contributed by atoms with E-state index in [9.17, 15) is 19.5 Å². The van der Waals surface area contributed by atoms with Gasteiger partial charge in [-0.1, -0.05) is 34.1 Å². The number of allylic oxidation sites excluding steroid dienone is 1. The van der Waals surface area contributed by atoms with Crippen LogP contribution in [0.1, 0.15) is 6.92 Å². The van der Waals surface area contributed by atoms with Crippen LogP contribution in [0, 0.1) is 0 Å². The van der Waals surface area contributed by atoms with Gasteiger partial charge in [-0.05, 0) is 24.6 Å². The van der Waals surface area contributed by atoms with E-state index in [1.807, 2.05) is 6.07 Å². The number of nitrogens with zero attached hydrogens (tertiary/aromatic N) is 1. The van der Waals surface area contributed by atoms with Crippen LogP contribution in [0.3, 0.4) is 0 Å². The smallest absolute Gasteiger partial charge is 0.352 e. The van der Waals surface area contributed by atoms with Crippen LogP contribution in [0.15, 0.2) is 41.6 Å². The van der Waals surface area contributed by atoms with Crippen molar-refractivity contribution in [2.75, 3.05) is 18.5 Å². The molecule has 0 bridgehead atoms. The molecule has 0 saturated carbocycles. The minimum atomic E-state index is -1.17. The zero-order valence-electron chi connectivity index (χ0n) is 13.0. The highest BCUT2D eigenvalue weighted by molar-refractivity contribution is 9.09. The summed E-state index contributed by atoms with van der Waals surface area (Å²) < 4.78 is 5.29. The normalized spacial score (nSPS) is 17.7. The predicted octanol–water partition coefficient (Wildman–Crippen LogP) is 1.15. The van der Waals surface area contributed by atoms with Crippen molar-refractivity contribution in [3.63, 3.8) is 0 Å². The summed E-state index contributed by atoms with van der Waals surface area (Å²) in [7, 11) is 0. The van der Waals surface area contributed by atoms with E-state index in [0.717, 1.165) is 4.90 Å². The van der Waals surface area contributed by atoms with E-state index in [4.69, 9.17) is 4.74 Å². The van der Waals surface area contributed by atoms with Crippen LogP contribution in [0.2, 0.25) is 0 Å². The molecule has 1 aliphatic heterocycles. The van der Waals surface area contributed by atoms with Gasteiger partial charge < -0.3 is 20.1 Å². The van der Waals surface area contributed by atoms with Gasteiger partial charge in [0.15, 0.2) is 6.61 Å². The largest absolute Gasteiger partial charge is 0.484 e. The van der Waals surface area contributed by atoms with E-state index >= 15 is 0 Å². The third-order valence-corrected chi connectivity index (χ3v) is 4.30. The average molecular weight is 397 g/mol. The highest BCUT2D eigenvalue weighted by Crippen LogP contribution is 2.21. The second-order valence-electron chi connectivity index (χ2n) is 5.24. The summed E-state index contributed by atoms with van der Waals surface area (Å²) in [6.45, 7) is 1.54. The Labute approximate surface area is 147 Å². The van der Waals surface area contributed by atoms with Crippen molar-refractivity contribution in [2.24, 2.45) is 0 Å². The second-order valence-corrected chi connectivity index (χ2v) is 5.80. The zero-order valence-corrected chi connectivity index (χ0v) is 14.6. The highest BCUT2D eigenvalue weighted by Gasteiger charge is 2.42. The number of amides is 2. The first-order valence-electron chi connectivity index (χ1n) is 7.21. The van der Waals surface area contributed by atoms with E-state index in [0.29, 0.717) is 16.7 Å². The van der Waals surface area contributed by atoms with Crippen LogP contribution in [0.5, 0.6) is 5.75 Å². The number of benzene rings is 1. The summed E-state index contributed by atoms with van der Waals surface area (Å²) in [5, 5.41) is 12.1. The number of carbonyl (C=O) groups is 3. The SMILES string of the molecule is C/C(CBr)=C(\C(=O)O)N1CC(NC(=O)COc2ccccc2)C1=O. The first-order chi connectivity index (χ1) is 11.4. The Bertz CT molecular complexity index is 674. The van der Waals surface area contributed by atoms with Crippen LogP contribution < -0.4 is 10.1 Å². The van der Waals surface area contributed by atoms with Crippen molar-refractivity contribution in [1.29, 1.82) is 0 Å². The summed E-state index contributed by atoms with van der Waals surface area (Å²) in [5.74, 6) is -1.49. The van der Waals surface area contributed by atoms with Crippen molar-refractivity contribution >= 4 is 33.7 Å². The maximum absolute atomic E-state index is 12.1. The van der Waals surface area contributed by atoms with Crippen LogP contribution >= 0.6 is 15.9 Å². The van der Waals surface area contributed by atoms with Gasteiger partial charge in [-0.3, -0.25) is 9.59 Å². The molecule has 1 aliphatic rings. The summed E-state index contributed by atoms with van der Waals surface area (Å²) in [6.07, 6.45) is 0. The highest BCUT2D eigenvalue weighted by atomic mass is 79.9. The minimum Gasteiger partial charge on any atom is -0.484 e. The van der Waals surface area contributed by atoms with E-state index in [2.05, 4.69) is 21.2 Å². The summed E-state index contributed by atoms with van der Waals surface area (Å²) in [4.78, 5) is 36.4. The van der Waals surface area contributed by atoms with E-state index in [1.165, 1.54) is 0 Å². The molecular weight excluding hydrogens is 380 g/mol. The molecule has 1 atom stereocenters. The summed E-state index contributed by atoms with van der Waals surface area (Å²) >= 11 is 3.18. The fourth-order valence-corrected chi connectivity index (χ4v) is 2.49. The first-order valence-corrected chi connectivity index (χ1v) is 8.33. The van der Waals surface area contributed by atoms with Crippen molar-refractivity contribution in [2.45, 2.75) is 13.0 Å². The van der Waals surface area contributed by atoms with Gasteiger partial charge in [0.05, 0.1) is 6.54 Å². The molecule has 1 aromatic rings. The number of alkyl halides is 1. The van der Waals surface area contributed by atoms with Gasteiger partial charge in [-0.2, -0.15) is 0 Å². The number of carbonyl (C=O) groups excluding carboxylic acids is 2. The number of nitrogens with one attached hydrogen (secondary N) is 1. The maximum Gasteiger partial charge on any atom is 0.352 e. The third-order valence-electron chi connectivity index (χ3n) is 3.45. The number of para-hydroxylation sites is 1. The van der Waals surface area contributed by atoms with Crippen molar-refractivity contribution in [1.82, 2.24) is 10.2 Å². The number of carboxylic acid groups (broad SMARTS) is 1. The molecule has 24 heavy (non-hydrogen) atoms. The lowest BCUT2D eigenvalue weighted by atomic mass is 10.0. The van der Waals surface area contributed by atoms with Gasteiger partial charge in [0.25, 0.3) is 11.8 Å². The molecule has 0 aliphatic carbocycles. The molecule has 0 aromatic heterocycles. The van der Waals surface area contributed by atoms with E-state index in [-0.39, 0.29) is 18.8 Å². The van der Waals surface area contributed by atoms with E-state index in [1.54, 1.807) is 31.2 Å². The van der Waals surface area contributed by atoms with Gasteiger partial charge in [0.1, 0.15) is 17.5 Å². The molecule has 128 valence electrons. The fraction of sp³-hybridized carbons (Fsp3) is 0.312. The van der Waals surface area contributed by atoms with Crippen LogP contribution in [-0.2, 0) is 14.4 Å². The topological polar surface area (TPSA) is 95.9 Å². The Kier molecular flexibility index (Phi) is 5.97. The first kappa shape index (κ1) is 18.0. The Morgan fingerprint density at radius 1 is 1.38 bits per heavy atom. The van der Waals surface area contributed by atoms with Gasteiger partial charge in [-0.25, -0.2) is 4.79 Å². The lowest BCUT2D eigenvalue weighted by Crippen LogP contribution is -2.64. The molecule has 1 saturated heterocycles. The quantitative estimate of drug-likeness (QED) is 0.409. The van der Waals surface area contributed by atoms with Gasteiger partial charge in [-0.15, -0.1) is 0 Å². The third kappa shape index (κ3) is 4.14. The molecular formula is C16H17BrN2O5. The maximum atomic E-state index is 12.1. The van der Waals surface area contributed by atoms with Crippen molar-refractivity contribution in [3.05, 3.63) is 41.6 Å². The molecule has 1 heterocycles. The second kappa shape index (κ2) is 7.96. The molecule has 2 N–H and O–H groups in total. The van der Waals surface area contributed by atoms with Gasteiger partial charge in [0.2, 0.25) is 0 Å². The Morgan fingerprint density at radius 3 is 2.58 bits per heavy atom. The molecule has 1 fully saturated rings. The van der Waals surface area contributed by atoms with Crippen LogP contribution in [0.25, 0.3) is 0 Å². The monoisotopic (exact) mass is 396 g/mol. The number of halogens is 1. The summed E-state index contributed by atoms with van der Waals surface area (Å²) in [6, 6.07) is 8.11. The molecule has 1 aromatic carbocycles. The standard InChI is InChI=1S/C16H17BrN2O5/c1-10(7-17)14(16(22)23)19-8-12(15(19)21)18-13(20)9-24-11-5-3-2-4-6-11/h2-6,12H,7-9H2,1H3,(H,18,20)(H,22,23)/b14-10-. The predicted molar refractivity (Wildman–Crippen MR) is 89.7 cm³/mol. The number of rotatable bonds is 7. The number of likely N-dealkylation sites (tertiary alicyclic amines) is 1. The molecule has 7 nitrogen and oxygen atoms in total. The number of hydrogen-bond donors (Lipinski definition) is 2. The fourth-order valence-electron chi connectivity index (χ4n) is 2.23. The van der Waals surface area contributed by atoms with Crippen molar-refractivity contribution in [3.8, 4) is 5.75 Å². The Hall–Kier alpha value is -2.35. The number of β-lactam (4-membered cyclic amide) rings is 1.